The molecular weight excluding hydrogens is 306 g/mol. The first-order valence-electron chi connectivity index (χ1n) is 7.75. The molecule has 24 heavy (non-hydrogen) atoms. The Hall–Kier alpha value is -3.09. The standard InChI is InChI=1S/C17H17N5O2/c1-8-13(16(23)21-19-8)15(14-9(2)20-22-17(14)24)11-7-18-12-6-4-3-5-10(11)12/h3-7,13,15,18H,1-2H3,(H,21,23)(H2,20,22,24). The van der Waals surface area contributed by atoms with Crippen molar-refractivity contribution in [2.75, 3.05) is 0 Å². The Labute approximate surface area is 137 Å². The summed E-state index contributed by atoms with van der Waals surface area (Å²) in [5, 5.41) is 10.5. The lowest BCUT2D eigenvalue weighted by molar-refractivity contribution is -0.122. The highest BCUT2D eigenvalue weighted by atomic mass is 16.2. The van der Waals surface area contributed by atoms with Crippen molar-refractivity contribution in [3.63, 3.8) is 0 Å². The number of aromatic amines is 3. The Balaban J connectivity index is 1.99. The minimum atomic E-state index is -0.514. The summed E-state index contributed by atoms with van der Waals surface area (Å²) in [5.41, 5.74) is 6.16. The van der Waals surface area contributed by atoms with Gasteiger partial charge in [-0.25, -0.2) is 5.43 Å². The fourth-order valence-corrected chi connectivity index (χ4v) is 3.55. The summed E-state index contributed by atoms with van der Waals surface area (Å²) in [5.74, 6) is -1.12. The summed E-state index contributed by atoms with van der Waals surface area (Å²) in [7, 11) is 0. The number of amides is 1. The van der Waals surface area contributed by atoms with E-state index in [0.717, 1.165) is 22.2 Å². The number of nitrogens with one attached hydrogen (secondary N) is 4. The van der Waals surface area contributed by atoms with Gasteiger partial charge in [-0.2, -0.15) is 5.10 Å². The number of benzene rings is 1. The number of nitrogens with zero attached hydrogens (tertiary/aromatic N) is 1. The molecule has 0 aliphatic carbocycles. The Kier molecular flexibility index (Phi) is 3.16. The molecule has 1 aliphatic heterocycles. The first kappa shape index (κ1) is 14.5. The maximum absolute atomic E-state index is 12.4. The van der Waals surface area contributed by atoms with E-state index in [1.54, 1.807) is 6.92 Å². The zero-order valence-electron chi connectivity index (χ0n) is 13.3. The zero-order valence-corrected chi connectivity index (χ0v) is 13.3. The predicted molar refractivity (Wildman–Crippen MR) is 91.0 cm³/mol. The van der Waals surface area contributed by atoms with Crippen molar-refractivity contribution >= 4 is 22.5 Å². The predicted octanol–water partition coefficient (Wildman–Crippen LogP) is 1.75. The second kappa shape index (κ2) is 5.23. The highest BCUT2D eigenvalue weighted by Crippen LogP contribution is 2.38. The topological polar surface area (TPSA) is 106 Å². The second-order valence-electron chi connectivity index (χ2n) is 6.09. The van der Waals surface area contributed by atoms with Crippen LogP contribution in [0.3, 0.4) is 0 Å². The van der Waals surface area contributed by atoms with E-state index < -0.39 is 11.8 Å². The highest BCUT2D eigenvalue weighted by molar-refractivity contribution is 6.08. The van der Waals surface area contributed by atoms with Gasteiger partial charge in [0, 0.05) is 40.0 Å². The number of H-pyrrole nitrogens is 3. The number of aryl methyl sites for hydroxylation is 1. The van der Waals surface area contributed by atoms with Crippen LogP contribution in [-0.2, 0) is 4.79 Å². The molecule has 0 fully saturated rings. The molecule has 1 aromatic carbocycles. The molecule has 0 bridgehead atoms. The molecule has 0 saturated heterocycles. The van der Waals surface area contributed by atoms with E-state index in [2.05, 4.69) is 25.7 Å². The van der Waals surface area contributed by atoms with Crippen LogP contribution in [0.2, 0.25) is 0 Å². The minimum Gasteiger partial charge on any atom is -0.361 e. The Morgan fingerprint density at radius 2 is 1.92 bits per heavy atom. The SMILES string of the molecule is CC1=NNC(=O)C1C(c1c(C)[nH][nH]c1=O)c1c[nH]c2ccccc12. The van der Waals surface area contributed by atoms with Gasteiger partial charge in [-0.15, -0.1) is 0 Å². The van der Waals surface area contributed by atoms with Gasteiger partial charge in [0.25, 0.3) is 5.56 Å². The van der Waals surface area contributed by atoms with E-state index in [4.69, 9.17) is 0 Å². The Morgan fingerprint density at radius 1 is 1.12 bits per heavy atom. The van der Waals surface area contributed by atoms with Crippen LogP contribution in [0.4, 0.5) is 0 Å². The van der Waals surface area contributed by atoms with E-state index >= 15 is 0 Å². The third-order valence-electron chi connectivity index (χ3n) is 4.69. The minimum absolute atomic E-state index is 0.192. The third kappa shape index (κ3) is 2.01. The number of carbonyl (C=O) groups excluding carboxylic acids is 1. The van der Waals surface area contributed by atoms with Crippen LogP contribution in [-0.4, -0.2) is 26.8 Å². The second-order valence-corrected chi connectivity index (χ2v) is 6.09. The summed E-state index contributed by atoms with van der Waals surface area (Å²) in [6.07, 6.45) is 1.88. The van der Waals surface area contributed by atoms with Gasteiger partial charge in [0.2, 0.25) is 5.91 Å². The van der Waals surface area contributed by atoms with E-state index in [-0.39, 0.29) is 11.5 Å². The number of hydrogen-bond donors (Lipinski definition) is 4. The Morgan fingerprint density at radius 3 is 2.58 bits per heavy atom. The molecule has 3 heterocycles. The number of carbonyl (C=O) groups is 1. The fraction of sp³-hybridized carbons (Fsp3) is 0.235. The van der Waals surface area contributed by atoms with E-state index in [1.807, 2.05) is 37.4 Å². The van der Waals surface area contributed by atoms with Crippen molar-refractivity contribution in [1.82, 2.24) is 20.6 Å². The summed E-state index contributed by atoms with van der Waals surface area (Å²) in [6, 6.07) is 7.85. The molecule has 2 atom stereocenters. The monoisotopic (exact) mass is 323 g/mol. The number of para-hydroxylation sites is 1. The van der Waals surface area contributed by atoms with Crippen molar-refractivity contribution < 1.29 is 4.79 Å². The molecule has 0 saturated carbocycles. The number of hydrogen-bond acceptors (Lipinski definition) is 3. The van der Waals surface area contributed by atoms with Crippen LogP contribution < -0.4 is 11.0 Å². The first-order valence-corrected chi connectivity index (χ1v) is 7.75. The van der Waals surface area contributed by atoms with Crippen LogP contribution in [0.5, 0.6) is 0 Å². The third-order valence-corrected chi connectivity index (χ3v) is 4.69. The van der Waals surface area contributed by atoms with Gasteiger partial charge in [0.15, 0.2) is 0 Å². The van der Waals surface area contributed by atoms with Crippen LogP contribution in [0.15, 0.2) is 40.4 Å². The fourth-order valence-electron chi connectivity index (χ4n) is 3.55. The van der Waals surface area contributed by atoms with Crippen molar-refractivity contribution in [2.45, 2.75) is 19.8 Å². The quantitative estimate of drug-likeness (QED) is 0.589. The number of rotatable bonds is 3. The van der Waals surface area contributed by atoms with Gasteiger partial charge in [0.1, 0.15) is 0 Å². The maximum atomic E-state index is 12.4. The summed E-state index contributed by atoms with van der Waals surface area (Å²) < 4.78 is 0. The molecule has 2 aromatic heterocycles. The van der Waals surface area contributed by atoms with Crippen LogP contribution in [0.25, 0.3) is 10.9 Å². The molecule has 2 unspecified atom stereocenters. The van der Waals surface area contributed by atoms with E-state index in [1.165, 1.54) is 0 Å². The van der Waals surface area contributed by atoms with Gasteiger partial charge in [-0.05, 0) is 25.5 Å². The lowest BCUT2D eigenvalue weighted by Gasteiger charge is -2.21. The lowest BCUT2D eigenvalue weighted by Crippen LogP contribution is -2.31. The first-order chi connectivity index (χ1) is 11.6. The molecule has 4 rings (SSSR count). The average molecular weight is 323 g/mol. The highest BCUT2D eigenvalue weighted by Gasteiger charge is 2.40. The Bertz CT molecular complexity index is 1020. The number of hydrazone groups is 1. The molecule has 3 aromatic rings. The van der Waals surface area contributed by atoms with Gasteiger partial charge in [-0.1, -0.05) is 18.2 Å². The van der Waals surface area contributed by atoms with E-state index in [0.29, 0.717) is 11.3 Å². The molecule has 1 amide bonds. The van der Waals surface area contributed by atoms with Gasteiger partial charge in [0.05, 0.1) is 5.92 Å². The smallest absolute Gasteiger partial charge is 0.267 e. The molecule has 1 aliphatic rings. The summed E-state index contributed by atoms with van der Waals surface area (Å²) >= 11 is 0. The molecule has 0 radical (unpaired) electrons. The van der Waals surface area contributed by atoms with Gasteiger partial charge >= 0.3 is 0 Å². The van der Waals surface area contributed by atoms with Gasteiger partial charge < -0.3 is 10.1 Å². The van der Waals surface area contributed by atoms with Crippen LogP contribution in [0, 0.1) is 12.8 Å². The summed E-state index contributed by atoms with van der Waals surface area (Å²) in [4.78, 5) is 28.1. The molecule has 0 spiro atoms. The van der Waals surface area contributed by atoms with Gasteiger partial charge in [-0.3, -0.25) is 14.7 Å². The van der Waals surface area contributed by atoms with Crippen LogP contribution in [0.1, 0.15) is 29.7 Å². The van der Waals surface area contributed by atoms with Crippen molar-refractivity contribution in [2.24, 2.45) is 11.0 Å². The largest absolute Gasteiger partial charge is 0.361 e. The zero-order chi connectivity index (χ0) is 16.8. The van der Waals surface area contributed by atoms with Crippen molar-refractivity contribution in [3.8, 4) is 0 Å². The number of fused-ring (bicyclic) bond motifs is 1. The van der Waals surface area contributed by atoms with Crippen molar-refractivity contribution in [1.29, 1.82) is 0 Å². The summed E-state index contributed by atoms with van der Waals surface area (Å²) in [6.45, 7) is 3.63. The molecular formula is C17H17N5O2. The molecule has 122 valence electrons. The lowest BCUT2D eigenvalue weighted by atomic mass is 9.78. The average Bonchev–Trinajstić information content (AvgIpc) is 3.23. The maximum Gasteiger partial charge on any atom is 0.267 e. The molecule has 4 N–H and O–H groups in total. The number of aromatic nitrogens is 3. The van der Waals surface area contributed by atoms with E-state index in [9.17, 15) is 9.59 Å². The normalized spacial score (nSPS) is 18.7. The van der Waals surface area contributed by atoms with Crippen molar-refractivity contribution in [3.05, 3.63) is 57.6 Å². The molecule has 7 nitrogen and oxygen atoms in total. The molecule has 7 heteroatoms. The van der Waals surface area contributed by atoms with Crippen LogP contribution >= 0.6 is 0 Å².